The summed E-state index contributed by atoms with van der Waals surface area (Å²) < 4.78 is 32.5. The van der Waals surface area contributed by atoms with E-state index in [-0.39, 0.29) is 6.61 Å². The standard InChI is InChI=1S/C13H10BrF2NO/c14-11-4-2-9(15)5-13(11)18-7-8-1-3-10(17)6-12(8)16/h1-6H,7,17H2. The predicted octanol–water partition coefficient (Wildman–Crippen LogP) is 3.89. The highest BCUT2D eigenvalue weighted by Gasteiger charge is 2.06. The van der Waals surface area contributed by atoms with E-state index in [4.69, 9.17) is 10.5 Å². The maximum absolute atomic E-state index is 13.5. The molecule has 2 nitrogen and oxygen atoms in total. The molecule has 0 heterocycles. The van der Waals surface area contributed by atoms with Gasteiger partial charge in [-0.2, -0.15) is 0 Å². The zero-order valence-electron chi connectivity index (χ0n) is 9.29. The molecule has 5 heteroatoms. The Morgan fingerprint density at radius 3 is 2.61 bits per heavy atom. The average Bonchev–Trinajstić information content (AvgIpc) is 2.32. The molecule has 0 aliphatic rings. The summed E-state index contributed by atoms with van der Waals surface area (Å²) in [5, 5.41) is 0. The molecule has 0 aliphatic carbocycles. The molecule has 0 bridgehead atoms. The molecule has 2 N–H and O–H groups in total. The number of halogens is 3. The van der Waals surface area contributed by atoms with Crippen LogP contribution in [-0.4, -0.2) is 0 Å². The zero-order valence-corrected chi connectivity index (χ0v) is 10.9. The van der Waals surface area contributed by atoms with Crippen LogP contribution in [0.4, 0.5) is 14.5 Å². The molecule has 0 spiro atoms. The number of nitrogens with two attached hydrogens (primary N) is 1. The Morgan fingerprint density at radius 1 is 1.11 bits per heavy atom. The summed E-state index contributed by atoms with van der Waals surface area (Å²) in [6.07, 6.45) is 0. The van der Waals surface area contributed by atoms with Gasteiger partial charge in [-0.05, 0) is 40.2 Å². The molecule has 0 atom stereocenters. The van der Waals surface area contributed by atoms with Crippen molar-refractivity contribution in [2.75, 3.05) is 5.73 Å². The number of hydrogen-bond acceptors (Lipinski definition) is 2. The fraction of sp³-hybridized carbons (Fsp3) is 0.0769. The van der Waals surface area contributed by atoms with E-state index >= 15 is 0 Å². The Bertz CT molecular complexity index is 575. The largest absolute Gasteiger partial charge is 0.488 e. The van der Waals surface area contributed by atoms with Gasteiger partial charge < -0.3 is 10.5 Å². The predicted molar refractivity (Wildman–Crippen MR) is 69.2 cm³/mol. The minimum Gasteiger partial charge on any atom is -0.488 e. The summed E-state index contributed by atoms with van der Waals surface area (Å²) in [5.41, 5.74) is 6.15. The molecule has 94 valence electrons. The first-order valence-corrected chi connectivity index (χ1v) is 5.97. The monoisotopic (exact) mass is 313 g/mol. The smallest absolute Gasteiger partial charge is 0.136 e. The van der Waals surface area contributed by atoms with E-state index in [2.05, 4.69) is 15.9 Å². The second-order valence-corrected chi connectivity index (χ2v) is 4.57. The van der Waals surface area contributed by atoms with Crippen molar-refractivity contribution >= 4 is 21.6 Å². The first kappa shape index (κ1) is 12.8. The maximum Gasteiger partial charge on any atom is 0.136 e. The van der Waals surface area contributed by atoms with Crippen molar-refractivity contribution in [3.05, 3.63) is 58.1 Å². The number of anilines is 1. The molecule has 18 heavy (non-hydrogen) atoms. The van der Waals surface area contributed by atoms with Gasteiger partial charge in [0.1, 0.15) is 24.0 Å². The molecule has 2 aromatic rings. The third-order valence-electron chi connectivity index (χ3n) is 2.35. The van der Waals surface area contributed by atoms with Crippen LogP contribution in [0.2, 0.25) is 0 Å². The lowest BCUT2D eigenvalue weighted by Crippen LogP contribution is -2.00. The van der Waals surface area contributed by atoms with Gasteiger partial charge in [0.05, 0.1) is 4.47 Å². The SMILES string of the molecule is Nc1ccc(COc2cc(F)ccc2Br)c(F)c1. The van der Waals surface area contributed by atoms with Gasteiger partial charge in [0.25, 0.3) is 0 Å². The molecule has 0 aliphatic heterocycles. The van der Waals surface area contributed by atoms with Crippen molar-refractivity contribution in [2.45, 2.75) is 6.61 Å². The van der Waals surface area contributed by atoms with E-state index in [0.29, 0.717) is 21.5 Å². The van der Waals surface area contributed by atoms with Crippen LogP contribution in [0, 0.1) is 11.6 Å². The van der Waals surface area contributed by atoms with E-state index in [0.717, 1.165) is 0 Å². The van der Waals surface area contributed by atoms with Crippen molar-refractivity contribution in [2.24, 2.45) is 0 Å². The Morgan fingerprint density at radius 2 is 1.89 bits per heavy atom. The molecule has 0 radical (unpaired) electrons. The van der Waals surface area contributed by atoms with Gasteiger partial charge in [-0.15, -0.1) is 0 Å². The minimum absolute atomic E-state index is 0.00810. The molecule has 2 aromatic carbocycles. The zero-order chi connectivity index (χ0) is 13.1. The van der Waals surface area contributed by atoms with E-state index in [1.54, 1.807) is 6.07 Å². The number of benzene rings is 2. The van der Waals surface area contributed by atoms with Crippen LogP contribution >= 0.6 is 15.9 Å². The van der Waals surface area contributed by atoms with Gasteiger partial charge in [0, 0.05) is 17.3 Å². The Labute approximate surface area is 112 Å². The van der Waals surface area contributed by atoms with E-state index in [1.807, 2.05) is 0 Å². The van der Waals surface area contributed by atoms with Crippen LogP contribution in [0.15, 0.2) is 40.9 Å². The van der Waals surface area contributed by atoms with Crippen LogP contribution in [0.5, 0.6) is 5.75 Å². The second kappa shape index (κ2) is 5.35. The lowest BCUT2D eigenvalue weighted by molar-refractivity contribution is 0.296. The van der Waals surface area contributed by atoms with Gasteiger partial charge in [-0.1, -0.05) is 6.07 Å². The van der Waals surface area contributed by atoms with Crippen LogP contribution in [0.1, 0.15) is 5.56 Å². The van der Waals surface area contributed by atoms with Crippen molar-refractivity contribution < 1.29 is 13.5 Å². The fourth-order valence-electron chi connectivity index (χ4n) is 1.42. The Kier molecular flexibility index (Phi) is 3.81. The van der Waals surface area contributed by atoms with Gasteiger partial charge in [-0.25, -0.2) is 8.78 Å². The highest BCUT2D eigenvalue weighted by molar-refractivity contribution is 9.10. The van der Waals surface area contributed by atoms with E-state index in [9.17, 15) is 8.78 Å². The third kappa shape index (κ3) is 2.98. The van der Waals surface area contributed by atoms with Crippen LogP contribution < -0.4 is 10.5 Å². The van der Waals surface area contributed by atoms with Crippen molar-refractivity contribution in [1.29, 1.82) is 0 Å². The van der Waals surface area contributed by atoms with Gasteiger partial charge in [0.15, 0.2) is 0 Å². The van der Waals surface area contributed by atoms with Crippen molar-refractivity contribution in [3.63, 3.8) is 0 Å². The van der Waals surface area contributed by atoms with Crippen LogP contribution in [-0.2, 0) is 6.61 Å². The Hall–Kier alpha value is -1.62. The van der Waals surface area contributed by atoms with Gasteiger partial charge >= 0.3 is 0 Å². The third-order valence-corrected chi connectivity index (χ3v) is 3.01. The van der Waals surface area contributed by atoms with E-state index in [1.165, 1.54) is 30.3 Å². The number of rotatable bonds is 3. The Balaban J connectivity index is 2.13. The summed E-state index contributed by atoms with van der Waals surface area (Å²) in [4.78, 5) is 0. The van der Waals surface area contributed by atoms with Gasteiger partial charge in [0.2, 0.25) is 0 Å². The van der Waals surface area contributed by atoms with Crippen molar-refractivity contribution in [3.8, 4) is 5.75 Å². The summed E-state index contributed by atoms with van der Waals surface area (Å²) in [6.45, 7) is 0.00810. The first-order chi connectivity index (χ1) is 8.56. The summed E-state index contributed by atoms with van der Waals surface area (Å²) >= 11 is 3.23. The molecular weight excluding hydrogens is 304 g/mol. The lowest BCUT2D eigenvalue weighted by Gasteiger charge is -2.09. The molecule has 2 rings (SSSR count). The highest BCUT2D eigenvalue weighted by atomic mass is 79.9. The van der Waals surface area contributed by atoms with Gasteiger partial charge in [-0.3, -0.25) is 0 Å². The van der Waals surface area contributed by atoms with Crippen LogP contribution in [0.25, 0.3) is 0 Å². The average molecular weight is 314 g/mol. The summed E-state index contributed by atoms with van der Waals surface area (Å²) in [5.74, 6) is -0.528. The molecule has 0 fully saturated rings. The summed E-state index contributed by atoms with van der Waals surface area (Å²) in [7, 11) is 0. The fourth-order valence-corrected chi connectivity index (χ4v) is 1.79. The molecule has 0 unspecified atom stereocenters. The maximum atomic E-state index is 13.5. The molecule has 0 saturated heterocycles. The van der Waals surface area contributed by atoms with Crippen molar-refractivity contribution in [1.82, 2.24) is 0 Å². The quantitative estimate of drug-likeness (QED) is 0.873. The summed E-state index contributed by atoms with van der Waals surface area (Å²) in [6, 6.07) is 8.42. The number of hydrogen-bond donors (Lipinski definition) is 1. The number of ether oxygens (including phenoxy) is 1. The number of nitrogen functional groups attached to an aromatic ring is 1. The molecular formula is C13H10BrF2NO. The lowest BCUT2D eigenvalue weighted by atomic mass is 10.2. The van der Waals surface area contributed by atoms with E-state index < -0.39 is 11.6 Å². The molecule has 0 saturated carbocycles. The topological polar surface area (TPSA) is 35.2 Å². The first-order valence-electron chi connectivity index (χ1n) is 5.18. The second-order valence-electron chi connectivity index (χ2n) is 3.71. The molecule has 0 aromatic heterocycles. The molecule has 0 amide bonds. The highest BCUT2D eigenvalue weighted by Crippen LogP contribution is 2.26. The van der Waals surface area contributed by atoms with Crippen LogP contribution in [0.3, 0.4) is 0 Å². The minimum atomic E-state index is -0.442. The normalized spacial score (nSPS) is 10.4.